The van der Waals surface area contributed by atoms with Gasteiger partial charge in [0.05, 0.1) is 0 Å². The summed E-state index contributed by atoms with van der Waals surface area (Å²) in [6, 6.07) is 5.03. The highest BCUT2D eigenvalue weighted by atomic mass is 19.1. The van der Waals surface area contributed by atoms with E-state index in [1.165, 1.54) is 18.9 Å². The first-order valence-electron chi connectivity index (χ1n) is 8.54. The number of benzene rings is 1. The van der Waals surface area contributed by atoms with E-state index in [2.05, 4.69) is 29.2 Å². The van der Waals surface area contributed by atoms with Crippen LogP contribution in [0.15, 0.2) is 18.2 Å². The zero-order chi connectivity index (χ0) is 17.7. The maximum atomic E-state index is 13.3. The molecule has 0 spiro atoms. The number of likely N-dealkylation sites (tertiary alicyclic amines) is 1. The number of hydrogen-bond acceptors (Lipinski definition) is 3. The Balaban J connectivity index is 1.77. The molecule has 1 aliphatic heterocycles. The second-order valence-corrected chi connectivity index (χ2v) is 6.83. The number of rotatable bonds is 5. The fourth-order valence-electron chi connectivity index (χ4n) is 2.97. The highest BCUT2D eigenvalue weighted by Gasteiger charge is 2.21. The molecule has 0 radical (unpaired) electrons. The molecule has 0 unspecified atom stereocenters. The van der Waals surface area contributed by atoms with Crippen LogP contribution in [-0.4, -0.2) is 74.1 Å². The molecule has 2 amide bonds. The van der Waals surface area contributed by atoms with Crippen LogP contribution in [0.25, 0.3) is 0 Å². The Bertz CT molecular complexity index is 558. The van der Waals surface area contributed by atoms with Crippen LogP contribution in [0.1, 0.15) is 18.4 Å². The van der Waals surface area contributed by atoms with Crippen molar-refractivity contribution in [2.75, 3.05) is 52.6 Å². The van der Waals surface area contributed by atoms with E-state index >= 15 is 0 Å². The summed E-state index contributed by atoms with van der Waals surface area (Å²) in [5.41, 5.74) is 1.15. The molecule has 2 rings (SSSR count). The Labute approximate surface area is 144 Å². The lowest BCUT2D eigenvalue weighted by Crippen LogP contribution is -2.45. The van der Waals surface area contributed by atoms with Crippen molar-refractivity contribution in [1.82, 2.24) is 14.7 Å². The average Bonchev–Trinajstić information content (AvgIpc) is 2.56. The first-order chi connectivity index (χ1) is 11.4. The number of halogens is 1. The number of likely N-dealkylation sites (N-methyl/N-ethyl adjacent to an activating group) is 2. The summed E-state index contributed by atoms with van der Waals surface area (Å²) in [5, 5.41) is 2.81. The molecule has 0 atom stereocenters. The van der Waals surface area contributed by atoms with Crippen LogP contribution in [0.4, 0.5) is 14.9 Å². The zero-order valence-corrected chi connectivity index (χ0v) is 15.2. The molecule has 1 saturated heterocycles. The highest BCUT2D eigenvalue weighted by molar-refractivity contribution is 5.89. The van der Waals surface area contributed by atoms with Crippen LogP contribution in [0, 0.1) is 12.7 Å². The van der Waals surface area contributed by atoms with Crippen molar-refractivity contribution < 1.29 is 9.18 Å². The van der Waals surface area contributed by atoms with Crippen LogP contribution in [-0.2, 0) is 0 Å². The average molecular weight is 336 g/mol. The standard InChI is InChI=1S/C18H29FN4O/c1-14-13-15(5-6-17(14)19)20-18(24)23(4)12-11-22(3)16-7-9-21(2)10-8-16/h5-6,13,16H,7-12H2,1-4H3,(H,20,24). The van der Waals surface area contributed by atoms with Gasteiger partial charge >= 0.3 is 6.03 Å². The third-order valence-electron chi connectivity index (χ3n) is 4.86. The zero-order valence-electron chi connectivity index (χ0n) is 15.2. The largest absolute Gasteiger partial charge is 0.326 e. The Morgan fingerprint density at radius 3 is 2.58 bits per heavy atom. The number of nitrogens with one attached hydrogen (secondary N) is 1. The molecular weight excluding hydrogens is 307 g/mol. The van der Waals surface area contributed by atoms with Crippen molar-refractivity contribution in [2.45, 2.75) is 25.8 Å². The number of piperidine rings is 1. The highest BCUT2D eigenvalue weighted by Crippen LogP contribution is 2.15. The molecule has 1 heterocycles. The van der Waals surface area contributed by atoms with Crippen molar-refractivity contribution in [3.63, 3.8) is 0 Å². The van der Waals surface area contributed by atoms with E-state index < -0.39 is 0 Å². The maximum absolute atomic E-state index is 13.3. The van der Waals surface area contributed by atoms with Crippen LogP contribution >= 0.6 is 0 Å². The minimum Gasteiger partial charge on any atom is -0.326 e. The molecular formula is C18H29FN4O. The summed E-state index contributed by atoms with van der Waals surface area (Å²) in [6.07, 6.45) is 2.36. The molecule has 0 bridgehead atoms. The van der Waals surface area contributed by atoms with E-state index in [4.69, 9.17) is 0 Å². The van der Waals surface area contributed by atoms with Crippen LogP contribution in [0.5, 0.6) is 0 Å². The summed E-state index contributed by atoms with van der Waals surface area (Å²) in [7, 11) is 6.07. The Morgan fingerprint density at radius 2 is 1.96 bits per heavy atom. The molecule has 1 fully saturated rings. The molecule has 1 N–H and O–H groups in total. The van der Waals surface area contributed by atoms with Gasteiger partial charge in [-0.25, -0.2) is 9.18 Å². The van der Waals surface area contributed by atoms with Crippen LogP contribution < -0.4 is 5.32 Å². The lowest BCUT2D eigenvalue weighted by Gasteiger charge is -2.35. The molecule has 134 valence electrons. The van der Waals surface area contributed by atoms with E-state index in [0.29, 0.717) is 23.8 Å². The van der Waals surface area contributed by atoms with E-state index in [1.807, 2.05) is 0 Å². The minimum atomic E-state index is -0.263. The SMILES string of the molecule is Cc1cc(NC(=O)N(C)CCN(C)C2CCN(C)CC2)ccc1F. The van der Waals surface area contributed by atoms with Gasteiger partial charge in [-0.1, -0.05) is 0 Å². The van der Waals surface area contributed by atoms with Gasteiger partial charge in [0.1, 0.15) is 5.82 Å². The molecule has 1 aromatic carbocycles. The summed E-state index contributed by atoms with van der Waals surface area (Å²) < 4.78 is 13.3. The van der Waals surface area contributed by atoms with Gasteiger partial charge in [0.2, 0.25) is 0 Å². The lowest BCUT2D eigenvalue weighted by molar-refractivity contribution is 0.136. The van der Waals surface area contributed by atoms with E-state index in [1.54, 1.807) is 31.0 Å². The predicted octanol–water partition coefficient (Wildman–Crippen LogP) is 2.62. The molecule has 6 heteroatoms. The molecule has 1 aromatic rings. The number of carbonyl (C=O) groups excluding carboxylic acids is 1. The maximum Gasteiger partial charge on any atom is 0.321 e. The fraction of sp³-hybridized carbons (Fsp3) is 0.611. The van der Waals surface area contributed by atoms with Gasteiger partial charge in [-0.15, -0.1) is 0 Å². The summed E-state index contributed by atoms with van der Waals surface area (Å²) in [4.78, 5) is 18.6. The second kappa shape index (κ2) is 8.44. The number of nitrogens with zero attached hydrogens (tertiary/aromatic N) is 3. The third kappa shape index (κ3) is 5.18. The topological polar surface area (TPSA) is 38.8 Å². The normalized spacial score (nSPS) is 16.4. The van der Waals surface area contributed by atoms with Gasteiger partial charge in [0.15, 0.2) is 0 Å². The first kappa shape index (κ1) is 18.7. The van der Waals surface area contributed by atoms with Crippen LogP contribution in [0.2, 0.25) is 0 Å². The van der Waals surface area contributed by atoms with E-state index in [-0.39, 0.29) is 11.8 Å². The smallest absolute Gasteiger partial charge is 0.321 e. The Kier molecular flexibility index (Phi) is 6.57. The van der Waals surface area contributed by atoms with Gasteiger partial charge in [-0.3, -0.25) is 0 Å². The van der Waals surface area contributed by atoms with Crippen molar-refractivity contribution >= 4 is 11.7 Å². The minimum absolute atomic E-state index is 0.169. The van der Waals surface area contributed by atoms with E-state index in [0.717, 1.165) is 19.6 Å². The number of urea groups is 1. The molecule has 0 saturated carbocycles. The number of anilines is 1. The number of hydrogen-bond donors (Lipinski definition) is 1. The molecule has 0 aliphatic carbocycles. The van der Waals surface area contributed by atoms with Gasteiger partial charge in [-0.05, 0) is 70.7 Å². The molecule has 5 nitrogen and oxygen atoms in total. The van der Waals surface area contributed by atoms with Crippen molar-refractivity contribution in [3.05, 3.63) is 29.6 Å². The monoisotopic (exact) mass is 336 g/mol. The Morgan fingerprint density at radius 1 is 1.29 bits per heavy atom. The van der Waals surface area contributed by atoms with Crippen molar-refractivity contribution in [3.8, 4) is 0 Å². The van der Waals surface area contributed by atoms with Crippen LogP contribution in [0.3, 0.4) is 0 Å². The number of amides is 2. The predicted molar refractivity (Wildman–Crippen MR) is 95.9 cm³/mol. The summed E-state index contributed by atoms with van der Waals surface area (Å²) in [5.74, 6) is -0.263. The quantitative estimate of drug-likeness (QED) is 0.898. The summed E-state index contributed by atoms with van der Waals surface area (Å²) >= 11 is 0. The van der Waals surface area contributed by atoms with Gasteiger partial charge in [-0.2, -0.15) is 0 Å². The number of carbonyl (C=O) groups is 1. The number of aryl methyl sites for hydroxylation is 1. The van der Waals surface area contributed by atoms with E-state index in [9.17, 15) is 9.18 Å². The Hall–Kier alpha value is -1.66. The lowest BCUT2D eigenvalue weighted by atomic mass is 10.0. The van der Waals surface area contributed by atoms with Gasteiger partial charge in [0.25, 0.3) is 0 Å². The molecule has 24 heavy (non-hydrogen) atoms. The van der Waals surface area contributed by atoms with Gasteiger partial charge < -0.3 is 20.0 Å². The third-order valence-corrected chi connectivity index (χ3v) is 4.86. The first-order valence-corrected chi connectivity index (χ1v) is 8.54. The molecule has 1 aliphatic rings. The second-order valence-electron chi connectivity index (χ2n) is 6.83. The fourth-order valence-corrected chi connectivity index (χ4v) is 2.97. The van der Waals surface area contributed by atoms with Gasteiger partial charge in [0, 0.05) is 31.9 Å². The van der Waals surface area contributed by atoms with Crippen molar-refractivity contribution in [1.29, 1.82) is 0 Å². The summed E-state index contributed by atoms with van der Waals surface area (Å²) in [6.45, 7) is 5.46. The molecule has 0 aromatic heterocycles. The van der Waals surface area contributed by atoms with Crippen molar-refractivity contribution in [2.24, 2.45) is 0 Å².